The number of likely N-dealkylation sites (N-methyl/N-ethyl adjacent to an activating group) is 1. The number of nitrogens with one attached hydrogen (secondary N) is 1. The largest absolute Gasteiger partial charge is 0.313 e. The van der Waals surface area contributed by atoms with Gasteiger partial charge in [-0.05, 0) is 36.9 Å². The lowest BCUT2D eigenvalue weighted by Gasteiger charge is -2.25. The minimum atomic E-state index is 0.689. The number of benzene rings is 1. The van der Waals surface area contributed by atoms with Gasteiger partial charge in [0.2, 0.25) is 0 Å². The van der Waals surface area contributed by atoms with Crippen molar-refractivity contribution in [2.75, 3.05) is 13.1 Å². The predicted molar refractivity (Wildman–Crippen MR) is 84.3 cm³/mol. The number of hydrogen-bond acceptors (Lipinski definition) is 2. The summed E-state index contributed by atoms with van der Waals surface area (Å²) >= 11 is 0. The molecule has 1 aromatic carbocycles. The Labute approximate surface area is 122 Å². The fraction of sp³-hybridized carbons (Fsp3) is 0.500. The lowest BCUT2D eigenvalue weighted by Crippen LogP contribution is -2.22. The molecule has 0 radical (unpaired) electrons. The van der Waals surface area contributed by atoms with E-state index in [2.05, 4.69) is 24.4 Å². The monoisotopic (exact) mass is 268 g/mol. The summed E-state index contributed by atoms with van der Waals surface area (Å²) in [7, 11) is 0. The molecule has 1 fully saturated rings. The summed E-state index contributed by atoms with van der Waals surface area (Å²) in [6.07, 6.45) is 8.90. The SMILES string of the molecule is CCNC/C(=C/c1ccccc1C#N)C1CCCCC1. The van der Waals surface area contributed by atoms with E-state index in [1.165, 1.54) is 37.7 Å². The molecule has 2 nitrogen and oxygen atoms in total. The number of nitriles is 1. The van der Waals surface area contributed by atoms with Gasteiger partial charge in [0, 0.05) is 6.54 Å². The lowest BCUT2D eigenvalue weighted by atomic mass is 9.82. The minimum absolute atomic E-state index is 0.689. The first kappa shape index (κ1) is 14.8. The van der Waals surface area contributed by atoms with E-state index >= 15 is 0 Å². The third-order valence-corrected chi connectivity index (χ3v) is 4.13. The number of rotatable bonds is 5. The highest BCUT2D eigenvalue weighted by atomic mass is 14.8. The number of nitrogens with zero attached hydrogens (tertiary/aromatic N) is 1. The van der Waals surface area contributed by atoms with Gasteiger partial charge in [0.25, 0.3) is 0 Å². The average Bonchev–Trinajstić information content (AvgIpc) is 2.52. The Bertz CT molecular complexity index is 490. The summed E-state index contributed by atoms with van der Waals surface area (Å²) in [6.45, 7) is 4.08. The third-order valence-electron chi connectivity index (χ3n) is 4.13. The van der Waals surface area contributed by atoms with Gasteiger partial charge in [-0.25, -0.2) is 0 Å². The van der Waals surface area contributed by atoms with Crippen molar-refractivity contribution in [2.45, 2.75) is 39.0 Å². The molecule has 2 rings (SSSR count). The molecule has 0 bridgehead atoms. The third kappa shape index (κ3) is 3.95. The quantitative estimate of drug-likeness (QED) is 0.871. The van der Waals surface area contributed by atoms with Gasteiger partial charge in [-0.2, -0.15) is 5.26 Å². The van der Waals surface area contributed by atoms with Crippen LogP contribution in [0.3, 0.4) is 0 Å². The van der Waals surface area contributed by atoms with Crippen molar-refractivity contribution in [1.29, 1.82) is 5.26 Å². The van der Waals surface area contributed by atoms with Gasteiger partial charge in [0.15, 0.2) is 0 Å². The fourth-order valence-corrected chi connectivity index (χ4v) is 2.98. The fourth-order valence-electron chi connectivity index (χ4n) is 2.98. The standard InChI is InChI=1S/C18H24N2/c1-2-20-14-18(15-8-4-3-5-9-15)12-16-10-6-7-11-17(16)13-19/h6-7,10-12,15,20H,2-5,8-9,14H2,1H3/b18-12-. The van der Waals surface area contributed by atoms with Crippen molar-refractivity contribution < 1.29 is 0 Å². The molecule has 1 aromatic rings. The molecule has 0 atom stereocenters. The first-order chi connectivity index (χ1) is 9.85. The molecule has 0 unspecified atom stereocenters. The molecule has 0 heterocycles. The molecule has 20 heavy (non-hydrogen) atoms. The van der Waals surface area contributed by atoms with E-state index in [-0.39, 0.29) is 0 Å². The van der Waals surface area contributed by atoms with Gasteiger partial charge in [-0.15, -0.1) is 0 Å². The second kappa shape index (κ2) is 7.87. The van der Waals surface area contributed by atoms with Crippen molar-refractivity contribution in [3.05, 3.63) is 41.0 Å². The van der Waals surface area contributed by atoms with Crippen LogP contribution in [0.2, 0.25) is 0 Å². The topological polar surface area (TPSA) is 35.8 Å². The summed E-state index contributed by atoms with van der Waals surface area (Å²) in [4.78, 5) is 0. The molecule has 1 aliphatic rings. The maximum atomic E-state index is 9.22. The van der Waals surface area contributed by atoms with Crippen LogP contribution in [-0.2, 0) is 0 Å². The second-order valence-electron chi connectivity index (χ2n) is 5.53. The van der Waals surface area contributed by atoms with Crippen LogP contribution < -0.4 is 5.32 Å². The van der Waals surface area contributed by atoms with Crippen molar-refractivity contribution in [2.24, 2.45) is 5.92 Å². The van der Waals surface area contributed by atoms with E-state index < -0.39 is 0 Å². The van der Waals surface area contributed by atoms with Crippen LogP contribution in [0.4, 0.5) is 0 Å². The highest BCUT2D eigenvalue weighted by Gasteiger charge is 2.17. The zero-order valence-corrected chi connectivity index (χ0v) is 12.4. The van der Waals surface area contributed by atoms with Crippen LogP contribution >= 0.6 is 0 Å². The zero-order valence-electron chi connectivity index (χ0n) is 12.4. The van der Waals surface area contributed by atoms with E-state index in [4.69, 9.17) is 0 Å². The van der Waals surface area contributed by atoms with Crippen LogP contribution in [0.1, 0.15) is 50.2 Å². The normalized spacial score (nSPS) is 16.9. The van der Waals surface area contributed by atoms with E-state index in [9.17, 15) is 5.26 Å². The number of hydrogen-bond donors (Lipinski definition) is 1. The summed E-state index contributed by atoms with van der Waals surface area (Å²) in [5, 5.41) is 12.7. The lowest BCUT2D eigenvalue weighted by molar-refractivity contribution is 0.397. The molecule has 106 valence electrons. The first-order valence-corrected chi connectivity index (χ1v) is 7.75. The van der Waals surface area contributed by atoms with Crippen LogP contribution in [-0.4, -0.2) is 13.1 Å². The summed E-state index contributed by atoms with van der Waals surface area (Å²) in [5.74, 6) is 0.689. The smallest absolute Gasteiger partial charge is 0.0997 e. The summed E-state index contributed by atoms with van der Waals surface area (Å²) in [5.41, 5.74) is 3.31. The van der Waals surface area contributed by atoms with Gasteiger partial charge in [0.05, 0.1) is 11.6 Å². The van der Waals surface area contributed by atoms with Gasteiger partial charge >= 0.3 is 0 Å². The summed E-state index contributed by atoms with van der Waals surface area (Å²) in [6, 6.07) is 10.2. The maximum absolute atomic E-state index is 9.22. The Morgan fingerprint density at radius 3 is 2.75 bits per heavy atom. The minimum Gasteiger partial charge on any atom is -0.313 e. The van der Waals surface area contributed by atoms with Gasteiger partial charge in [-0.3, -0.25) is 0 Å². The molecule has 0 aliphatic heterocycles. The van der Waals surface area contributed by atoms with Crippen LogP contribution in [0.15, 0.2) is 29.8 Å². The van der Waals surface area contributed by atoms with Gasteiger partial charge in [-0.1, -0.05) is 56.0 Å². The highest BCUT2D eigenvalue weighted by Crippen LogP contribution is 2.31. The molecule has 0 spiro atoms. The van der Waals surface area contributed by atoms with Crippen LogP contribution in [0.5, 0.6) is 0 Å². The molecule has 0 aromatic heterocycles. The molecule has 0 amide bonds. The van der Waals surface area contributed by atoms with E-state index in [1.54, 1.807) is 0 Å². The molecular weight excluding hydrogens is 244 g/mol. The Balaban J connectivity index is 2.24. The Hall–Kier alpha value is -1.59. The Morgan fingerprint density at radius 2 is 2.05 bits per heavy atom. The zero-order chi connectivity index (χ0) is 14.2. The maximum Gasteiger partial charge on any atom is 0.0997 e. The molecule has 1 saturated carbocycles. The van der Waals surface area contributed by atoms with Crippen molar-refractivity contribution in [1.82, 2.24) is 5.32 Å². The van der Waals surface area contributed by atoms with Gasteiger partial charge < -0.3 is 5.32 Å². The van der Waals surface area contributed by atoms with Crippen molar-refractivity contribution >= 4 is 6.08 Å². The Morgan fingerprint density at radius 1 is 1.30 bits per heavy atom. The Kier molecular flexibility index (Phi) is 5.83. The van der Waals surface area contributed by atoms with Crippen molar-refractivity contribution in [3.63, 3.8) is 0 Å². The highest BCUT2D eigenvalue weighted by molar-refractivity contribution is 5.60. The average molecular weight is 268 g/mol. The summed E-state index contributed by atoms with van der Waals surface area (Å²) < 4.78 is 0. The predicted octanol–water partition coefficient (Wildman–Crippen LogP) is 4.13. The molecule has 2 heteroatoms. The molecule has 0 saturated heterocycles. The van der Waals surface area contributed by atoms with E-state index in [1.807, 2.05) is 24.3 Å². The van der Waals surface area contributed by atoms with E-state index in [0.29, 0.717) is 5.92 Å². The second-order valence-corrected chi connectivity index (χ2v) is 5.53. The first-order valence-electron chi connectivity index (χ1n) is 7.75. The van der Waals surface area contributed by atoms with E-state index in [0.717, 1.165) is 24.2 Å². The molecule has 1 aliphatic carbocycles. The van der Waals surface area contributed by atoms with Crippen molar-refractivity contribution in [3.8, 4) is 6.07 Å². The molecule has 1 N–H and O–H groups in total. The van der Waals surface area contributed by atoms with Crippen LogP contribution in [0, 0.1) is 17.2 Å². The van der Waals surface area contributed by atoms with Crippen LogP contribution in [0.25, 0.3) is 6.08 Å². The molecular formula is C18H24N2. The van der Waals surface area contributed by atoms with Gasteiger partial charge in [0.1, 0.15) is 0 Å².